The first kappa shape index (κ1) is 10.8. The average Bonchev–Trinajstić information content (AvgIpc) is 2.77. The lowest BCUT2D eigenvalue weighted by Gasteiger charge is -2.05. The van der Waals surface area contributed by atoms with E-state index in [2.05, 4.69) is 4.98 Å². The van der Waals surface area contributed by atoms with Crippen LogP contribution in [0.15, 0.2) is 24.4 Å². The van der Waals surface area contributed by atoms with Crippen molar-refractivity contribution in [2.75, 3.05) is 7.11 Å². The van der Waals surface area contributed by atoms with E-state index in [-0.39, 0.29) is 0 Å². The minimum absolute atomic E-state index is 0.642. The third kappa shape index (κ3) is 1.97. The van der Waals surface area contributed by atoms with Gasteiger partial charge >= 0.3 is 0 Å². The molecule has 1 heterocycles. The zero-order valence-corrected chi connectivity index (χ0v) is 9.88. The van der Waals surface area contributed by atoms with Crippen LogP contribution in [0.3, 0.4) is 0 Å². The highest BCUT2D eigenvalue weighted by Crippen LogP contribution is 2.28. The number of thiazole rings is 1. The van der Waals surface area contributed by atoms with Gasteiger partial charge in [0.1, 0.15) is 10.8 Å². The Hall–Kier alpha value is -1.68. The number of ether oxygens (including phenoxy) is 1. The van der Waals surface area contributed by atoms with Gasteiger partial charge in [0.2, 0.25) is 0 Å². The van der Waals surface area contributed by atoms with Gasteiger partial charge in [0, 0.05) is 11.8 Å². The van der Waals surface area contributed by atoms with Crippen molar-refractivity contribution in [2.24, 2.45) is 0 Å². The molecule has 0 aliphatic carbocycles. The van der Waals surface area contributed by atoms with Crippen LogP contribution in [0.25, 0.3) is 10.6 Å². The van der Waals surface area contributed by atoms with Gasteiger partial charge in [0.05, 0.1) is 12.0 Å². The number of aldehydes is 1. The van der Waals surface area contributed by atoms with E-state index in [4.69, 9.17) is 4.74 Å². The second-order valence-corrected chi connectivity index (χ2v) is 4.43. The van der Waals surface area contributed by atoms with Crippen LogP contribution >= 0.6 is 11.3 Å². The van der Waals surface area contributed by atoms with Crippen LogP contribution in [0.4, 0.5) is 0 Å². The zero-order chi connectivity index (χ0) is 11.5. The number of benzene rings is 1. The molecule has 4 heteroatoms. The molecule has 0 radical (unpaired) electrons. The summed E-state index contributed by atoms with van der Waals surface area (Å²) in [5.41, 5.74) is 2.07. The van der Waals surface area contributed by atoms with E-state index in [1.54, 1.807) is 13.3 Å². The van der Waals surface area contributed by atoms with E-state index in [1.807, 2.05) is 25.1 Å². The molecular formula is C12H11NO2S. The van der Waals surface area contributed by atoms with Gasteiger partial charge in [-0.3, -0.25) is 4.79 Å². The van der Waals surface area contributed by atoms with Crippen LogP contribution in [0.2, 0.25) is 0 Å². The summed E-state index contributed by atoms with van der Waals surface area (Å²) in [5, 5.41) is 0.854. The van der Waals surface area contributed by atoms with Crippen molar-refractivity contribution in [1.82, 2.24) is 4.98 Å². The molecule has 0 saturated carbocycles. The largest absolute Gasteiger partial charge is 0.496 e. The fourth-order valence-corrected chi connectivity index (χ4v) is 2.21. The second-order valence-electron chi connectivity index (χ2n) is 3.37. The predicted molar refractivity (Wildman–Crippen MR) is 64.2 cm³/mol. The van der Waals surface area contributed by atoms with Crippen LogP contribution in [0, 0.1) is 6.92 Å². The molecule has 0 unspecified atom stereocenters. The smallest absolute Gasteiger partial charge is 0.161 e. The number of hydrogen-bond donors (Lipinski definition) is 0. The van der Waals surface area contributed by atoms with Gasteiger partial charge in [-0.2, -0.15) is 0 Å². The lowest BCUT2D eigenvalue weighted by Crippen LogP contribution is -1.87. The summed E-state index contributed by atoms with van der Waals surface area (Å²) in [5.74, 6) is 0.857. The van der Waals surface area contributed by atoms with E-state index >= 15 is 0 Å². The Balaban J connectivity index is 2.40. The summed E-state index contributed by atoms with van der Waals surface area (Å²) in [4.78, 5) is 15.4. The number of aryl methyl sites for hydroxylation is 1. The standard InChI is InChI=1S/C12H11NO2S/c1-8-5-9(3-4-11(8)15-2)12-13-6-10(7-14)16-12/h3-7H,1-2H3. The molecule has 3 nitrogen and oxygen atoms in total. The van der Waals surface area contributed by atoms with Crippen LogP contribution in [-0.4, -0.2) is 18.4 Å². The summed E-state index contributed by atoms with van der Waals surface area (Å²) in [6, 6.07) is 5.86. The Kier molecular flexibility index (Phi) is 3.01. The molecular weight excluding hydrogens is 222 g/mol. The highest BCUT2D eigenvalue weighted by Gasteiger charge is 2.06. The van der Waals surface area contributed by atoms with E-state index in [1.165, 1.54) is 11.3 Å². The lowest BCUT2D eigenvalue weighted by molar-refractivity contribution is 0.112. The van der Waals surface area contributed by atoms with Gasteiger partial charge in [0.25, 0.3) is 0 Å². The fourth-order valence-electron chi connectivity index (χ4n) is 1.49. The zero-order valence-electron chi connectivity index (χ0n) is 9.06. The van der Waals surface area contributed by atoms with Crippen LogP contribution in [0.5, 0.6) is 5.75 Å². The molecule has 0 spiro atoms. The first-order chi connectivity index (χ1) is 7.74. The van der Waals surface area contributed by atoms with Gasteiger partial charge in [-0.05, 0) is 30.7 Å². The monoisotopic (exact) mass is 233 g/mol. The molecule has 0 aliphatic rings. The van der Waals surface area contributed by atoms with Crippen molar-refractivity contribution in [1.29, 1.82) is 0 Å². The highest BCUT2D eigenvalue weighted by molar-refractivity contribution is 7.16. The molecule has 0 fully saturated rings. The van der Waals surface area contributed by atoms with Crippen LogP contribution in [-0.2, 0) is 0 Å². The summed E-state index contributed by atoms with van der Waals surface area (Å²) >= 11 is 1.39. The molecule has 1 aromatic heterocycles. The highest BCUT2D eigenvalue weighted by atomic mass is 32.1. The minimum Gasteiger partial charge on any atom is -0.496 e. The van der Waals surface area contributed by atoms with Crippen molar-refractivity contribution in [3.05, 3.63) is 34.8 Å². The third-order valence-electron chi connectivity index (χ3n) is 2.28. The first-order valence-corrected chi connectivity index (χ1v) is 5.62. The first-order valence-electron chi connectivity index (χ1n) is 4.80. The predicted octanol–water partition coefficient (Wildman–Crippen LogP) is 2.94. The Morgan fingerprint density at radius 1 is 1.44 bits per heavy atom. The molecule has 0 bridgehead atoms. The van der Waals surface area contributed by atoms with Crippen LogP contribution < -0.4 is 4.74 Å². The van der Waals surface area contributed by atoms with Gasteiger partial charge < -0.3 is 4.74 Å². The Morgan fingerprint density at radius 2 is 2.25 bits per heavy atom. The number of hydrogen-bond acceptors (Lipinski definition) is 4. The molecule has 0 saturated heterocycles. The maximum absolute atomic E-state index is 10.6. The average molecular weight is 233 g/mol. The Morgan fingerprint density at radius 3 is 2.81 bits per heavy atom. The van der Waals surface area contributed by atoms with E-state index < -0.39 is 0 Å². The molecule has 0 amide bonds. The minimum atomic E-state index is 0.642. The van der Waals surface area contributed by atoms with Crippen molar-refractivity contribution < 1.29 is 9.53 Å². The molecule has 0 aliphatic heterocycles. The van der Waals surface area contributed by atoms with E-state index in [0.717, 1.165) is 28.2 Å². The van der Waals surface area contributed by atoms with Crippen molar-refractivity contribution >= 4 is 17.6 Å². The van der Waals surface area contributed by atoms with Crippen LogP contribution in [0.1, 0.15) is 15.2 Å². The number of methoxy groups -OCH3 is 1. The maximum atomic E-state index is 10.6. The molecule has 16 heavy (non-hydrogen) atoms. The second kappa shape index (κ2) is 4.45. The molecule has 2 rings (SSSR count). The van der Waals surface area contributed by atoms with Gasteiger partial charge in [-0.1, -0.05) is 0 Å². The fraction of sp³-hybridized carbons (Fsp3) is 0.167. The third-order valence-corrected chi connectivity index (χ3v) is 3.25. The quantitative estimate of drug-likeness (QED) is 0.765. The molecule has 1 aromatic carbocycles. The number of aromatic nitrogens is 1. The van der Waals surface area contributed by atoms with E-state index in [0.29, 0.717) is 4.88 Å². The van der Waals surface area contributed by atoms with Gasteiger partial charge in [-0.25, -0.2) is 4.98 Å². The number of nitrogens with zero attached hydrogens (tertiary/aromatic N) is 1. The van der Waals surface area contributed by atoms with Gasteiger partial charge in [-0.15, -0.1) is 11.3 Å². The normalized spacial score (nSPS) is 10.1. The van der Waals surface area contributed by atoms with Crippen molar-refractivity contribution in [2.45, 2.75) is 6.92 Å². The van der Waals surface area contributed by atoms with Crippen molar-refractivity contribution in [3.63, 3.8) is 0 Å². The lowest BCUT2D eigenvalue weighted by atomic mass is 10.1. The number of rotatable bonds is 3. The topological polar surface area (TPSA) is 39.2 Å². The summed E-state index contributed by atoms with van der Waals surface area (Å²) in [7, 11) is 1.65. The van der Waals surface area contributed by atoms with Gasteiger partial charge in [0.15, 0.2) is 6.29 Å². The SMILES string of the molecule is COc1ccc(-c2ncc(C=O)s2)cc1C. The summed E-state index contributed by atoms with van der Waals surface area (Å²) < 4.78 is 5.19. The van der Waals surface area contributed by atoms with Crippen molar-refractivity contribution in [3.8, 4) is 16.3 Å². The molecule has 82 valence electrons. The summed E-state index contributed by atoms with van der Waals surface area (Å²) in [6.07, 6.45) is 2.41. The molecule has 0 N–H and O–H groups in total. The Labute approximate surface area is 97.7 Å². The Bertz CT molecular complexity index is 519. The molecule has 2 aromatic rings. The summed E-state index contributed by atoms with van der Waals surface area (Å²) in [6.45, 7) is 1.98. The number of carbonyl (C=O) groups is 1. The van der Waals surface area contributed by atoms with E-state index in [9.17, 15) is 4.79 Å². The maximum Gasteiger partial charge on any atom is 0.161 e. The number of carbonyl (C=O) groups excluding carboxylic acids is 1. The molecule has 0 atom stereocenters.